The normalized spacial score (nSPS) is 7.00. The first kappa shape index (κ1) is 17.5. The average Bonchev–Trinajstić information content (AvgIpc) is 2.01. The van der Waals surface area contributed by atoms with Gasteiger partial charge in [-0.2, -0.15) is 6.41 Å². The minimum atomic E-state index is -1.07. The molecule has 2 amide bonds. The number of carbonyl (C=O) groups excluding carboxylic acids is 2. The van der Waals surface area contributed by atoms with Crippen molar-refractivity contribution >= 4 is 18.3 Å². The molecule has 0 aliphatic rings. The summed E-state index contributed by atoms with van der Waals surface area (Å²) in [7, 11) is 0. The van der Waals surface area contributed by atoms with Gasteiger partial charge in [0.2, 0.25) is 5.91 Å². The maximum absolute atomic E-state index is 9.93. The van der Waals surface area contributed by atoms with Gasteiger partial charge in [-0.05, 0) is 6.92 Å². The Morgan fingerprint density at radius 1 is 1.43 bits per heavy atom. The summed E-state index contributed by atoms with van der Waals surface area (Å²) in [6.07, 6.45) is 1.22. The van der Waals surface area contributed by atoms with Crippen molar-refractivity contribution in [3.8, 4) is 0 Å². The van der Waals surface area contributed by atoms with Crippen molar-refractivity contribution in [2.24, 2.45) is 0 Å². The largest absolute Gasteiger partial charge is 0.521 e. The summed E-state index contributed by atoms with van der Waals surface area (Å²) in [4.78, 5) is 28.7. The topological polar surface area (TPSA) is 95.5 Å². The summed E-state index contributed by atoms with van der Waals surface area (Å²) in [6.45, 7) is 3.77. The Morgan fingerprint density at radius 3 is 2.00 bits per heavy atom. The van der Waals surface area contributed by atoms with Gasteiger partial charge >= 0.3 is 5.97 Å². The van der Waals surface area contributed by atoms with Crippen molar-refractivity contribution < 1.29 is 19.5 Å². The minimum Gasteiger partial charge on any atom is -0.521 e. The van der Waals surface area contributed by atoms with Gasteiger partial charge < -0.3 is 20.5 Å². The van der Waals surface area contributed by atoms with Gasteiger partial charge in [0, 0.05) is 13.5 Å². The quantitative estimate of drug-likeness (QED) is 0.377. The molecule has 0 atom stereocenters. The molecule has 0 radical (unpaired) electrons. The van der Waals surface area contributed by atoms with E-state index in [0.717, 1.165) is 6.54 Å². The van der Waals surface area contributed by atoms with E-state index in [1.54, 1.807) is 0 Å². The zero-order chi connectivity index (χ0) is 10.7. The van der Waals surface area contributed by atoms with E-state index < -0.39 is 5.97 Å². The minimum absolute atomic E-state index is 0. The van der Waals surface area contributed by atoms with Crippen LogP contribution >= 0.6 is 0 Å². The van der Waals surface area contributed by atoms with Crippen LogP contribution in [0.2, 0.25) is 0 Å². The summed E-state index contributed by atoms with van der Waals surface area (Å²) in [5.74, 6) is -1.03. The van der Waals surface area contributed by atoms with Crippen LogP contribution in [0.1, 0.15) is 13.8 Å². The standard InChI is InChI=1S/C4H9NO.C3H4NO3.Fm/c1-3-5-4(2)6;5-2-4-1-3(6)7;/h3H2,1-2H3,(H,5,6);1H2,(H,4,5)(H,6,7);/q;-1;. The Morgan fingerprint density at radius 2 is 1.93 bits per heavy atom. The van der Waals surface area contributed by atoms with Crippen molar-refractivity contribution in [2.75, 3.05) is 13.1 Å². The molecule has 0 aromatic heterocycles. The molecule has 0 aromatic carbocycles. The van der Waals surface area contributed by atoms with Crippen molar-refractivity contribution in [1.29, 1.82) is 0 Å². The van der Waals surface area contributed by atoms with E-state index in [4.69, 9.17) is 5.11 Å². The van der Waals surface area contributed by atoms with Crippen LogP contribution in [-0.2, 0) is 14.4 Å². The van der Waals surface area contributed by atoms with Gasteiger partial charge in [-0.3, -0.25) is 9.59 Å². The first-order chi connectivity index (χ1) is 6.04. The molecule has 88 valence electrons. The third kappa shape index (κ3) is 34.2. The number of hydrogen-bond donors (Lipinski definition) is 3. The van der Waals surface area contributed by atoms with Crippen LogP contribution in [0.15, 0.2) is 0 Å². The molecule has 0 heterocycles. The van der Waals surface area contributed by atoms with Gasteiger partial charge in [0.15, 0.2) is 0 Å². The number of rotatable bonds is 4. The maximum atomic E-state index is 9.93. The van der Waals surface area contributed by atoms with E-state index >= 15 is 0 Å². The van der Waals surface area contributed by atoms with Crippen molar-refractivity contribution in [3.05, 3.63) is 0 Å². The van der Waals surface area contributed by atoms with E-state index in [1.807, 2.05) is 12.2 Å². The molecule has 0 spiro atoms. The second-order valence-corrected chi connectivity index (χ2v) is 1.94. The number of nitrogens with one attached hydrogen (secondary N) is 2. The van der Waals surface area contributed by atoms with Gasteiger partial charge in [-0.25, -0.2) is 0 Å². The molecule has 0 saturated heterocycles. The SMILES string of the molecule is CCNC(C)=O.O=[C-]NCC(=O)O.[Fm]. The number of carbonyl (C=O) groups is 2. The van der Waals surface area contributed by atoms with Crippen LogP contribution < -0.4 is 10.6 Å². The fourth-order valence-electron chi connectivity index (χ4n) is 0.361. The predicted octanol–water partition coefficient (Wildman–Crippen LogP) is -1.13. The van der Waals surface area contributed by atoms with Gasteiger partial charge in [0.25, 0.3) is 0 Å². The van der Waals surface area contributed by atoms with E-state index in [9.17, 15) is 14.4 Å². The van der Waals surface area contributed by atoms with Crippen molar-refractivity contribution in [3.63, 3.8) is 0 Å². The van der Waals surface area contributed by atoms with Crippen LogP contribution in [0.4, 0.5) is 0 Å². The summed E-state index contributed by atoms with van der Waals surface area (Å²) >= 11 is 0. The molecule has 6 nitrogen and oxygen atoms in total. The fraction of sp³-hybridized carbons (Fsp3) is 0.571. The number of carboxylic acids is 1. The molecule has 0 rings (SSSR count). The molecule has 0 aromatic rings. The number of aliphatic carboxylic acids is 1. The molecule has 0 saturated carbocycles. The molecule has 7 heteroatoms. The average molecular weight is 446 g/mol. The molecule has 0 fully saturated rings. The molecule has 0 aliphatic carbocycles. The van der Waals surface area contributed by atoms with Crippen molar-refractivity contribution in [1.82, 2.24) is 10.6 Å². The smallest absolute Gasteiger partial charge is 0.320 e. The monoisotopic (exact) mass is 446 g/mol. The Labute approximate surface area is 76.3 Å². The third-order valence-corrected chi connectivity index (χ3v) is 0.738. The van der Waals surface area contributed by atoms with Crippen LogP contribution in [0.3, 0.4) is 0 Å². The van der Waals surface area contributed by atoms with Gasteiger partial charge in [0.05, 0.1) is 6.54 Å². The van der Waals surface area contributed by atoms with Gasteiger partial charge in [-0.1, -0.05) is 0 Å². The fourth-order valence-corrected chi connectivity index (χ4v) is 0.361. The van der Waals surface area contributed by atoms with Crippen molar-refractivity contribution in [2.45, 2.75) is 13.8 Å². The number of hydrogen-bond acceptors (Lipinski definition) is 3. The van der Waals surface area contributed by atoms with Gasteiger partial charge in [0.1, 0.15) is 0 Å². The Kier molecular flexibility index (Phi) is 16.3. The molecule has 0 aliphatic heterocycles. The van der Waals surface area contributed by atoms with Gasteiger partial charge in [-0.15, -0.1) is 0 Å². The summed E-state index contributed by atoms with van der Waals surface area (Å²) in [5, 5.41) is 12.2. The zero-order valence-corrected chi connectivity index (χ0v) is 10.3. The second-order valence-electron chi connectivity index (χ2n) is 1.94. The van der Waals surface area contributed by atoms with E-state index in [1.165, 1.54) is 13.3 Å². The van der Waals surface area contributed by atoms with Crippen LogP contribution in [-0.4, -0.2) is 36.5 Å². The molecular formula is C7H13FmN2O4-. The van der Waals surface area contributed by atoms with E-state index in [-0.39, 0.29) is 12.5 Å². The Bertz CT molecular complexity index is 175. The maximum Gasteiger partial charge on any atom is 0.320 e. The van der Waals surface area contributed by atoms with Crippen LogP contribution in [0, 0.1) is 0 Å². The Balaban J connectivity index is -0.000000163. The first-order valence-electron chi connectivity index (χ1n) is 3.60. The molecule has 0 unspecified atom stereocenters. The molecule has 3 N–H and O–H groups in total. The molecule has 0 bridgehead atoms. The molecule has 14 heavy (non-hydrogen) atoms. The number of carboxylic acid groups (broad SMARTS) is 1. The predicted molar refractivity (Wildman–Crippen MR) is 45.7 cm³/mol. The third-order valence-electron chi connectivity index (χ3n) is 0.738. The van der Waals surface area contributed by atoms with E-state index in [0.29, 0.717) is 0 Å². The van der Waals surface area contributed by atoms with Crippen LogP contribution in [0.25, 0.3) is 0 Å². The van der Waals surface area contributed by atoms with Crippen LogP contribution in [0.5, 0.6) is 0 Å². The zero-order valence-electron chi connectivity index (χ0n) is 7.87. The Hall–Kier alpha value is -2.59. The summed E-state index contributed by atoms with van der Waals surface area (Å²) in [6, 6.07) is 0. The molecular weight excluding hydrogens is 433 g/mol. The second kappa shape index (κ2) is 13.0. The first-order valence-corrected chi connectivity index (χ1v) is 3.60. The summed E-state index contributed by atoms with van der Waals surface area (Å²) < 4.78 is 0. The number of amides is 2. The summed E-state index contributed by atoms with van der Waals surface area (Å²) in [5.41, 5.74) is 0. The van der Waals surface area contributed by atoms with E-state index in [2.05, 4.69) is 5.32 Å².